The average molecular weight is 298 g/mol. The third-order valence-corrected chi connectivity index (χ3v) is 3.30. The molecule has 0 spiro atoms. The van der Waals surface area contributed by atoms with E-state index in [9.17, 15) is 4.79 Å². The molecule has 0 bridgehead atoms. The van der Waals surface area contributed by atoms with E-state index in [4.69, 9.17) is 11.6 Å². The minimum absolute atomic E-state index is 0.0451. The molecule has 0 fully saturated rings. The van der Waals surface area contributed by atoms with Gasteiger partial charge in [0.05, 0.1) is 0 Å². The second-order valence-electron chi connectivity index (χ2n) is 5.25. The van der Waals surface area contributed by atoms with Gasteiger partial charge in [0.25, 0.3) is 0 Å². The van der Waals surface area contributed by atoms with Crippen molar-refractivity contribution in [3.63, 3.8) is 0 Å². The Morgan fingerprint density at radius 3 is 2.70 bits per heavy atom. The molecule has 0 saturated carbocycles. The van der Waals surface area contributed by atoms with Crippen LogP contribution in [-0.4, -0.2) is 44.2 Å². The molecule has 0 aliphatic rings. The van der Waals surface area contributed by atoms with Gasteiger partial charge in [-0.25, -0.2) is 4.79 Å². The topological polar surface area (TPSA) is 44.4 Å². The number of carbonyl (C=O) groups is 1. The number of nitrogens with one attached hydrogen (secondary N) is 2. The van der Waals surface area contributed by atoms with Crippen molar-refractivity contribution in [3.05, 3.63) is 34.9 Å². The van der Waals surface area contributed by atoms with Crippen LogP contribution in [0.2, 0.25) is 5.02 Å². The Morgan fingerprint density at radius 1 is 1.35 bits per heavy atom. The Bertz CT molecular complexity index is 423. The summed E-state index contributed by atoms with van der Waals surface area (Å²) in [6.45, 7) is 3.63. The van der Waals surface area contributed by atoms with Gasteiger partial charge in [-0.05, 0) is 52.0 Å². The van der Waals surface area contributed by atoms with Gasteiger partial charge in [0, 0.05) is 17.6 Å². The summed E-state index contributed by atoms with van der Waals surface area (Å²) in [5.41, 5.74) is 1.05. The maximum Gasteiger partial charge on any atom is 0.315 e. The van der Waals surface area contributed by atoms with E-state index in [1.807, 2.05) is 45.3 Å². The summed E-state index contributed by atoms with van der Waals surface area (Å²) in [5.74, 6) is 0. The summed E-state index contributed by atoms with van der Waals surface area (Å²) in [5, 5.41) is 6.52. The van der Waals surface area contributed by atoms with Crippen molar-refractivity contribution >= 4 is 17.6 Å². The van der Waals surface area contributed by atoms with E-state index in [-0.39, 0.29) is 12.1 Å². The number of hydrogen-bond acceptors (Lipinski definition) is 2. The Kier molecular flexibility index (Phi) is 7.41. The highest BCUT2D eigenvalue weighted by Crippen LogP contribution is 2.16. The van der Waals surface area contributed by atoms with Gasteiger partial charge in [0.15, 0.2) is 0 Å². The van der Waals surface area contributed by atoms with E-state index in [1.165, 1.54) is 0 Å². The number of amides is 2. The standard InChI is InChI=1S/C15H24ClN3O/c1-12(11-13-7-4-5-8-14(13)16)18-15(20)17-9-6-10-19(2)3/h4-5,7-8,12H,6,9-11H2,1-3H3,(H2,17,18,20). The summed E-state index contributed by atoms with van der Waals surface area (Å²) in [7, 11) is 4.04. The largest absolute Gasteiger partial charge is 0.338 e. The summed E-state index contributed by atoms with van der Waals surface area (Å²) in [6, 6.07) is 7.63. The van der Waals surface area contributed by atoms with E-state index < -0.39 is 0 Å². The second kappa shape index (κ2) is 8.82. The Labute approximate surface area is 126 Å². The van der Waals surface area contributed by atoms with Crippen molar-refractivity contribution in [2.24, 2.45) is 0 Å². The first-order valence-electron chi connectivity index (χ1n) is 6.91. The lowest BCUT2D eigenvalue weighted by Crippen LogP contribution is -2.42. The first-order valence-corrected chi connectivity index (χ1v) is 7.29. The minimum Gasteiger partial charge on any atom is -0.338 e. The molecule has 0 saturated heterocycles. The molecule has 4 nitrogen and oxygen atoms in total. The molecule has 5 heteroatoms. The minimum atomic E-state index is -0.122. The summed E-state index contributed by atoms with van der Waals surface area (Å²) >= 11 is 6.10. The number of nitrogens with zero attached hydrogens (tertiary/aromatic N) is 1. The number of benzene rings is 1. The lowest BCUT2D eigenvalue weighted by Gasteiger charge is -2.16. The molecule has 2 N–H and O–H groups in total. The van der Waals surface area contributed by atoms with Crippen LogP contribution in [-0.2, 0) is 6.42 Å². The fraction of sp³-hybridized carbons (Fsp3) is 0.533. The number of hydrogen-bond donors (Lipinski definition) is 2. The lowest BCUT2D eigenvalue weighted by atomic mass is 10.1. The Balaban J connectivity index is 2.26. The SMILES string of the molecule is CC(Cc1ccccc1Cl)NC(=O)NCCCN(C)C. The molecule has 0 radical (unpaired) electrons. The van der Waals surface area contributed by atoms with Crippen LogP contribution in [0.3, 0.4) is 0 Å². The van der Waals surface area contributed by atoms with E-state index in [0.717, 1.165) is 30.0 Å². The van der Waals surface area contributed by atoms with E-state index in [2.05, 4.69) is 15.5 Å². The molecule has 1 unspecified atom stereocenters. The molecule has 1 rings (SSSR count). The lowest BCUT2D eigenvalue weighted by molar-refractivity contribution is 0.237. The molecule has 1 aromatic carbocycles. The molecular weight excluding hydrogens is 274 g/mol. The molecular formula is C15H24ClN3O. The zero-order valence-corrected chi connectivity index (χ0v) is 13.2. The van der Waals surface area contributed by atoms with Gasteiger partial charge in [-0.1, -0.05) is 29.8 Å². The van der Waals surface area contributed by atoms with Crippen LogP contribution in [0.4, 0.5) is 4.79 Å². The highest BCUT2D eigenvalue weighted by molar-refractivity contribution is 6.31. The van der Waals surface area contributed by atoms with Crippen molar-refractivity contribution in [1.82, 2.24) is 15.5 Å². The van der Waals surface area contributed by atoms with Crippen LogP contribution < -0.4 is 10.6 Å². The van der Waals surface area contributed by atoms with Crippen LogP contribution in [0.25, 0.3) is 0 Å². The molecule has 0 aromatic heterocycles. The second-order valence-corrected chi connectivity index (χ2v) is 5.66. The number of halogens is 1. The van der Waals surface area contributed by atoms with E-state index in [1.54, 1.807) is 0 Å². The molecule has 112 valence electrons. The monoisotopic (exact) mass is 297 g/mol. The van der Waals surface area contributed by atoms with Crippen LogP contribution in [0, 0.1) is 0 Å². The van der Waals surface area contributed by atoms with Crippen molar-refractivity contribution < 1.29 is 4.79 Å². The third-order valence-electron chi connectivity index (χ3n) is 2.93. The van der Waals surface area contributed by atoms with Crippen molar-refractivity contribution in [2.45, 2.75) is 25.8 Å². The fourth-order valence-electron chi connectivity index (χ4n) is 1.92. The smallest absolute Gasteiger partial charge is 0.315 e. The third kappa shape index (κ3) is 6.78. The molecule has 2 amide bonds. The Hall–Kier alpha value is -1.26. The van der Waals surface area contributed by atoms with Gasteiger partial charge < -0.3 is 15.5 Å². The zero-order chi connectivity index (χ0) is 15.0. The predicted octanol–water partition coefficient (Wildman–Crippen LogP) is 2.52. The first kappa shape index (κ1) is 16.8. The number of carbonyl (C=O) groups excluding carboxylic acids is 1. The number of urea groups is 1. The summed E-state index contributed by atoms with van der Waals surface area (Å²) in [4.78, 5) is 13.8. The molecule has 0 heterocycles. The van der Waals surface area contributed by atoms with Crippen LogP contribution >= 0.6 is 11.6 Å². The summed E-state index contributed by atoms with van der Waals surface area (Å²) in [6.07, 6.45) is 1.67. The maximum atomic E-state index is 11.7. The van der Waals surface area contributed by atoms with Crippen molar-refractivity contribution in [2.75, 3.05) is 27.2 Å². The van der Waals surface area contributed by atoms with Gasteiger partial charge in [0.2, 0.25) is 0 Å². The summed E-state index contributed by atoms with van der Waals surface area (Å²) < 4.78 is 0. The molecule has 1 atom stereocenters. The molecule has 0 aliphatic heterocycles. The maximum absolute atomic E-state index is 11.7. The van der Waals surface area contributed by atoms with E-state index >= 15 is 0 Å². The molecule has 1 aromatic rings. The number of rotatable bonds is 7. The van der Waals surface area contributed by atoms with Crippen LogP contribution in [0.1, 0.15) is 18.9 Å². The quantitative estimate of drug-likeness (QED) is 0.760. The highest BCUT2D eigenvalue weighted by Gasteiger charge is 2.09. The van der Waals surface area contributed by atoms with Crippen molar-refractivity contribution in [1.29, 1.82) is 0 Å². The van der Waals surface area contributed by atoms with Gasteiger partial charge in [-0.3, -0.25) is 0 Å². The van der Waals surface area contributed by atoms with E-state index in [0.29, 0.717) is 6.54 Å². The molecule has 20 heavy (non-hydrogen) atoms. The molecule has 0 aliphatic carbocycles. The Morgan fingerprint density at radius 2 is 2.05 bits per heavy atom. The van der Waals surface area contributed by atoms with Crippen LogP contribution in [0.5, 0.6) is 0 Å². The highest BCUT2D eigenvalue weighted by atomic mass is 35.5. The van der Waals surface area contributed by atoms with Crippen molar-refractivity contribution in [3.8, 4) is 0 Å². The fourth-order valence-corrected chi connectivity index (χ4v) is 2.13. The normalized spacial score (nSPS) is 12.2. The first-order chi connectivity index (χ1) is 9.49. The zero-order valence-electron chi connectivity index (χ0n) is 12.4. The van der Waals surface area contributed by atoms with Crippen LogP contribution in [0.15, 0.2) is 24.3 Å². The van der Waals surface area contributed by atoms with Gasteiger partial charge >= 0.3 is 6.03 Å². The predicted molar refractivity (Wildman–Crippen MR) is 84.3 cm³/mol. The van der Waals surface area contributed by atoms with Gasteiger partial charge in [0.1, 0.15) is 0 Å². The van der Waals surface area contributed by atoms with Gasteiger partial charge in [-0.2, -0.15) is 0 Å². The van der Waals surface area contributed by atoms with Gasteiger partial charge in [-0.15, -0.1) is 0 Å². The average Bonchev–Trinajstić information content (AvgIpc) is 2.37.